The Bertz CT molecular complexity index is 1430. The first-order chi connectivity index (χ1) is 16.3. The molecule has 8 heteroatoms. The summed E-state index contributed by atoms with van der Waals surface area (Å²) in [6, 6.07) is 19.5. The number of nitrogens with zero attached hydrogens (tertiary/aromatic N) is 3. The number of fused-ring (bicyclic) bond motifs is 1. The number of aromatic nitrogens is 3. The molecule has 0 unspecified atom stereocenters. The van der Waals surface area contributed by atoms with Crippen LogP contribution in [0.4, 0.5) is 5.69 Å². The van der Waals surface area contributed by atoms with E-state index in [0.717, 1.165) is 33.7 Å². The lowest BCUT2D eigenvalue weighted by molar-refractivity contribution is -0.222. The van der Waals surface area contributed by atoms with Crippen molar-refractivity contribution in [2.24, 2.45) is 0 Å². The van der Waals surface area contributed by atoms with Crippen molar-refractivity contribution in [3.8, 4) is 22.4 Å². The van der Waals surface area contributed by atoms with Gasteiger partial charge >= 0.3 is 11.9 Å². The van der Waals surface area contributed by atoms with Gasteiger partial charge < -0.3 is 14.8 Å². The predicted molar refractivity (Wildman–Crippen MR) is 127 cm³/mol. The van der Waals surface area contributed by atoms with Gasteiger partial charge in [-0.05, 0) is 30.7 Å². The maximum absolute atomic E-state index is 12.2. The number of ether oxygens (including phenoxy) is 2. The Hall–Kier alpha value is -4.46. The molecule has 2 aromatic heterocycles. The van der Waals surface area contributed by atoms with Crippen molar-refractivity contribution >= 4 is 23.3 Å². The van der Waals surface area contributed by atoms with Crippen LogP contribution < -0.4 is 5.32 Å². The molecule has 0 amide bonds. The topological polar surface area (TPSA) is 94.8 Å². The fourth-order valence-corrected chi connectivity index (χ4v) is 3.91. The third-order valence-corrected chi connectivity index (χ3v) is 5.41. The number of esters is 2. The quantitative estimate of drug-likeness (QED) is 0.276. The molecule has 1 aliphatic rings. The summed E-state index contributed by atoms with van der Waals surface area (Å²) in [6.45, 7) is 4.98. The first-order valence-corrected chi connectivity index (χ1v) is 10.8. The Morgan fingerprint density at radius 3 is 2.38 bits per heavy atom. The summed E-state index contributed by atoms with van der Waals surface area (Å²) < 4.78 is 12.1. The van der Waals surface area contributed by atoms with Crippen molar-refractivity contribution in [1.82, 2.24) is 14.6 Å². The van der Waals surface area contributed by atoms with Crippen molar-refractivity contribution in [3.63, 3.8) is 0 Å². The molecule has 8 nitrogen and oxygen atoms in total. The summed E-state index contributed by atoms with van der Waals surface area (Å²) >= 11 is 0. The lowest BCUT2D eigenvalue weighted by Crippen LogP contribution is -2.42. The maximum atomic E-state index is 12.2. The number of carbonyl (C=O) groups is 2. The Kier molecular flexibility index (Phi) is 5.13. The van der Waals surface area contributed by atoms with E-state index >= 15 is 0 Å². The van der Waals surface area contributed by atoms with Gasteiger partial charge in [-0.15, -0.1) is 0 Å². The average Bonchev–Trinajstić information content (AvgIpc) is 3.14. The highest BCUT2D eigenvalue weighted by molar-refractivity contribution is 6.15. The molecule has 0 spiro atoms. The Morgan fingerprint density at radius 2 is 1.65 bits per heavy atom. The number of hydrogen-bond donors (Lipinski definition) is 1. The molecule has 0 saturated carbocycles. The summed E-state index contributed by atoms with van der Waals surface area (Å²) in [7, 11) is 0. The molecule has 0 radical (unpaired) electrons. The minimum Gasteiger partial charge on any atom is -0.419 e. The molecule has 4 aromatic rings. The monoisotopic (exact) mass is 454 g/mol. The molecule has 3 heterocycles. The molecule has 5 rings (SSSR count). The van der Waals surface area contributed by atoms with Crippen LogP contribution in [-0.4, -0.2) is 32.3 Å². The maximum Gasteiger partial charge on any atom is 0.350 e. The molecule has 170 valence electrons. The SMILES string of the molecule is Cc1nn2c(-c3cccc(NC=C4C(=O)OC(C)(C)OC4=O)c3)ccnc2c1-c1ccccc1. The van der Waals surface area contributed by atoms with Crippen LogP contribution in [0.1, 0.15) is 19.5 Å². The van der Waals surface area contributed by atoms with Gasteiger partial charge in [-0.1, -0.05) is 42.5 Å². The van der Waals surface area contributed by atoms with Crippen molar-refractivity contribution in [2.45, 2.75) is 26.6 Å². The minimum absolute atomic E-state index is 0.203. The summed E-state index contributed by atoms with van der Waals surface area (Å²) in [5.74, 6) is -2.75. The van der Waals surface area contributed by atoms with Crippen molar-refractivity contribution < 1.29 is 19.1 Å². The molecular weight excluding hydrogens is 432 g/mol. The molecule has 1 fully saturated rings. The predicted octanol–water partition coefficient (Wildman–Crippen LogP) is 4.50. The second-order valence-electron chi connectivity index (χ2n) is 8.35. The van der Waals surface area contributed by atoms with Crippen LogP contribution in [0.2, 0.25) is 0 Å². The molecule has 0 bridgehead atoms. The van der Waals surface area contributed by atoms with E-state index in [2.05, 4.69) is 10.3 Å². The van der Waals surface area contributed by atoms with E-state index in [9.17, 15) is 9.59 Å². The molecular formula is C26H22N4O4. The zero-order valence-corrected chi connectivity index (χ0v) is 18.9. The zero-order chi connectivity index (χ0) is 23.9. The number of anilines is 1. The Morgan fingerprint density at radius 1 is 0.941 bits per heavy atom. The third-order valence-electron chi connectivity index (χ3n) is 5.41. The molecule has 2 aromatic carbocycles. The van der Waals surface area contributed by atoms with E-state index in [0.29, 0.717) is 5.69 Å². The van der Waals surface area contributed by atoms with E-state index in [-0.39, 0.29) is 5.57 Å². The van der Waals surface area contributed by atoms with Crippen LogP contribution in [-0.2, 0) is 19.1 Å². The normalized spacial score (nSPS) is 15.1. The number of rotatable bonds is 4. The average molecular weight is 454 g/mol. The molecule has 34 heavy (non-hydrogen) atoms. The van der Waals surface area contributed by atoms with Crippen molar-refractivity contribution in [1.29, 1.82) is 0 Å². The molecule has 0 aliphatic carbocycles. The van der Waals surface area contributed by atoms with Gasteiger partial charge in [0.1, 0.15) is 0 Å². The molecule has 1 aliphatic heterocycles. The summed E-state index contributed by atoms with van der Waals surface area (Å²) in [4.78, 5) is 28.9. The van der Waals surface area contributed by atoms with Crippen LogP contribution in [0.25, 0.3) is 28.0 Å². The fraction of sp³-hybridized carbons (Fsp3) is 0.154. The van der Waals surface area contributed by atoms with Crippen LogP contribution in [0.3, 0.4) is 0 Å². The number of aryl methyl sites for hydroxylation is 1. The third kappa shape index (κ3) is 3.90. The van der Waals surface area contributed by atoms with Gasteiger partial charge in [-0.25, -0.2) is 19.1 Å². The van der Waals surface area contributed by atoms with Gasteiger partial charge in [0.15, 0.2) is 11.2 Å². The second-order valence-corrected chi connectivity index (χ2v) is 8.35. The first-order valence-electron chi connectivity index (χ1n) is 10.8. The molecule has 1 N–H and O–H groups in total. The highest BCUT2D eigenvalue weighted by Crippen LogP contribution is 2.31. The van der Waals surface area contributed by atoms with E-state index in [4.69, 9.17) is 14.6 Å². The zero-order valence-electron chi connectivity index (χ0n) is 18.9. The lowest BCUT2D eigenvalue weighted by atomic mass is 10.1. The number of benzene rings is 2. The minimum atomic E-state index is -1.28. The highest BCUT2D eigenvalue weighted by Gasteiger charge is 2.38. The van der Waals surface area contributed by atoms with Gasteiger partial charge in [0.05, 0.1) is 11.4 Å². The van der Waals surface area contributed by atoms with Gasteiger partial charge in [-0.2, -0.15) is 5.10 Å². The number of carbonyl (C=O) groups excluding carboxylic acids is 2. The van der Waals surface area contributed by atoms with Crippen LogP contribution in [0.5, 0.6) is 0 Å². The van der Waals surface area contributed by atoms with E-state index in [1.807, 2.05) is 72.1 Å². The summed E-state index contributed by atoms with van der Waals surface area (Å²) in [5, 5.41) is 7.74. The van der Waals surface area contributed by atoms with Crippen LogP contribution >= 0.6 is 0 Å². The lowest BCUT2D eigenvalue weighted by Gasteiger charge is -2.29. The van der Waals surface area contributed by atoms with Crippen molar-refractivity contribution in [2.75, 3.05) is 5.32 Å². The van der Waals surface area contributed by atoms with Crippen molar-refractivity contribution in [3.05, 3.63) is 84.3 Å². The molecule has 1 saturated heterocycles. The largest absolute Gasteiger partial charge is 0.419 e. The Balaban J connectivity index is 1.49. The highest BCUT2D eigenvalue weighted by atomic mass is 16.7. The second kappa shape index (κ2) is 8.15. The standard InChI is InChI=1S/C26H22N4O4/c1-16-22(17-8-5-4-6-9-17)23-27-13-12-21(30(23)29-16)18-10-7-11-19(14-18)28-15-20-24(31)33-26(2,3)34-25(20)32/h4-15,28H,1-3H3. The summed E-state index contributed by atoms with van der Waals surface area (Å²) in [6.07, 6.45) is 3.06. The smallest absolute Gasteiger partial charge is 0.350 e. The van der Waals surface area contributed by atoms with Gasteiger partial charge in [0.25, 0.3) is 5.79 Å². The number of cyclic esters (lactones) is 2. The van der Waals surface area contributed by atoms with Gasteiger partial charge in [-0.3, -0.25) is 0 Å². The molecule has 0 atom stereocenters. The summed E-state index contributed by atoms with van der Waals surface area (Å²) in [5.41, 5.74) is 5.88. The number of nitrogens with one attached hydrogen (secondary N) is 1. The number of hydrogen-bond acceptors (Lipinski definition) is 7. The fourth-order valence-electron chi connectivity index (χ4n) is 3.91. The van der Waals surface area contributed by atoms with Gasteiger partial charge in [0.2, 0.25) is 0 Å². The van der Waals surface area contributed by atoms with E-state index in [1.165, 1.54) is 20.0 Å². The van der Waals surface area contributed by atoms with Gasteiger partial charge in [0, 0.05) is 43.1 Å². The van der Waals surface area contributed by atoms with E-state index < -0.39 is 17.7 Å². The first kappa shape index (κ1) is 21.4. The van der Waals surface area contributed by atoms with E-state index in [1.54, 1.807) is 6.20 Å². The Labute approximate surface area is 195 Å². The van der Waals surface area contributed by atoms with Crippen LogP contribution in [0, 0.1) is 6.92 Å². The van der Waals surface area contributed by atoms with Crippen LogP contribution in [0.15, 0.2) is 78.6 Å².